The average molecular weight is 345 g/mol. The summed E-state index contributed by atoms with van der Waals surface area (Å²) in [6, 6.07) is 9.60. The maximum Gasteiger partial charge on any atom is 0.242 e. The molecule has 1 aromatic carbocycles. The molecule has 0 saturated heterocycles. The zero-order chi connectivity index (χ0) is 17.1. The van der Waals surface area contributed by atoms with Crippen LogP contribution in [0.15, 0.2) is 45.5 Å². The Labute approximate surface area is 142 Å². The van der Waals surface area contributed by atoms with E-state index in [0.717, 1.165) is 5.56 Å². The van der Waals surface area contributed by atoms with Crippen molar-refractivity contribution in [2.24, 2.45) is 0 Å². The predicted molar refractivity (Wildman–Crippen MR) is 90.6 cm³/mol. The molecule has 7 heteroatoms. The largest absolute Gasteiger partial charge is 0.444 e. The van der Waals surface area contributed by atoms with Gasteiger partial charge in [-0.05, 0) is 19.1 Å². The number of hydrogen-bond acceptors (Lipinski definition) is 6. The first-order valence-electron chi connectivity index (χ1n) is 7.75. The van der Waals surface area contributed by atoms with Crippen molar-refractivity contribution in [2.45, 2.75) is 37.7 Å². The van der Waals surface area contributed by atoms with Gasteiger partial charge in [0.05, 0.1) is 11.4 Å². The molecule has 0 amide bonds. The third-order valence-electron chi connectivity index (χ3n) is 3.58. The number of benzene rings is 1. The number of nitrogens with zero attached hydrogens (tertiary/aromatic N) is 3. The van der Waals surface area contributed by atoms with Crippen LogP contribution in [0, 0.1) is 0 Å². The molecule has 3 aromatic rings. The molecule has 0 bridgehead atoms. The molecule has 0 unspecified atom stereocenters. The fourth-order valence-electron chi connectivity index (χ4n) is 2.12. The Morgan fingerprint density at radius 2 is 1.88 bits per heavy atom. The molecule has 3 rings (SSSR count). The van der Waals surface area contributed by atoms with Crippen LogP contribution >= 0.6 is 0 Å². The summed E-state index contributed by atoms with van der Waals surface area (Å²) in [5, 5.41) is 3.56. The van der Waals surface area contributed by atoms with Crippen LogP contribution in [0.1, 0.15) is 49.3 Å². The topological polar surface area (TPSA) is 82.0 Å². The van der Waals surface area contributed by atoms with Crippen molar-refractivity contribution in [1.82, 2.24) is 15.1 Å². The van der Waals surface area contributed by atoms with Gasteiger partial charge >= 0.3 is 0 Å². The SMILES string of the molecule is CC(C)c1noc([C@@H](C)[S@@](=O)Cc2coc(-c3ccccc3)n2)n1. The Bertz CT molecular complexity index is 826. The Morgan fingerprint density at radius 1 is 1.12 bits per heavy atom. The molecule has 0 aliphatic heterocycles. The van der Waals surface area contributed by atoms with E-state index >= 15 is 0 Å². The molecule has 0 spiro atoms. The van der Waals surface area contributed by atoms with Gasteiger partial charge in [0.1, 0.15) is 11.5 Å². The Morgan fingerprint density at radius 3 is 2.54 bits per heavy atom. The number of rotatable bonds is 6. The molecule has 0 aliphatic rings. The predicted octanol–water partition coefficient (Wildman–Crippen LogP) is 3.86. The average Bonchev–Trinajstić information content (AvgIpc) is 3.24. The quantitative estimate of drug-likeness (QED) is 0.675. The van der Waals surface area contributed by atoms with Crippen LogP contribution in [0.4, 0.5) is 0 Å². The van der Waals surface area contributed by atoms with Crippen molar-refractivity contribution in [3.05, 3.63) is 54.0 Å². The van der Waals surface area contributed by atoms with Gasteiger partial charge in [-0.2, -0.15) is 4.98 Å². The van der Waals surface area contributed by atoms with Crippen LogP contribution in [0.25, 0.3) is 11.5 Å². The molecular weight excluding hydrogens is 326 g/mol. The summed E-state index contributed by atoms with van der Waals surface area (Å²) in [5.41, 5.74) is 1.53. The van der Waals surface area contributed by atoms with Gasteiger partial charge in [-0.1, -0.05) is 37.2 Å². The van der Waals surface area contributed by atoms with Crippen LogP contribution in [0.5, 0.6) is 0 Å². The lowest BCUT2D eigenvalue weighted by Gasteiger charge is -2.04. The zero-order valence-corrected chi connectivity index (χ0v) is 14.6. The smallest absolute Gasteiger partial charge is 0.242 e. The van der Waals surface area contributed by atoms with Crippen LogP contribution in [-0.2, 0) is 16.6 Å². The lowest BCUT2D eigenvalue weighted by Crippen LogP contribution is -2.06. The molecule has 126 valence electrons. The molecule has 24 heavy (non-hydrogen) atoms. The van der Waals surface area contributed by atoms with Crippen LogP contribution in [-0.4, -0.2) is 19.3 Å². The minimum atomic E-state index is -1.23. The third kappa shape index (κ3) is 3.62. The number of aromatic nitrogens is 3. The van der Waals surface area contributed by atoms with E-state index in [1.54, 1.807) is 6.26 Å². The number of oxazole rings is 1. The van der Waals surface area contributed by atoms with Crippen molar-refractivity contribution < 1.29 is 13.1 Å². The number of hydrogen-bond donors (Lipinski definition) is 0. The molecule has 0 radical (unpaired) electrons. The van der Waals surface area contributed by atoms with Gasteiger partial charge in [0.15, 0.2) is 5.82 Å². The van der Waals surface area contributed by atoms with E-state index in [9.17, 15) is 4.21 Å². The van der Waals surface area contributed by atoms with E-state index in [4.69, 9.17) is 8.94 Å². The summed E-state index contributed by atoms with van der Waals surface area (Å²) in [6.45, 7) is 5.78. The normalized spacial score (nSPS) is 14.0. The fourth-order valence-corrected chi connectivity index (χ4v) is 3.11. The molecule has 0 aliphatic carbocycles. The highest BCUT2D eigenvalue weighted by Gasteiger charge is 2.22. The van der Waals surface area contributed by atoms with Crippen LogP contribution < -0.4 is 0 Å². The lowest BCUT2D eigenvalue weighted by atomic mass is 10.2. The summed E-state index contributed by atoms with van der Waals surface area (Å²) < 4.78 is 23.2. The summed E-state index contributed by atoms with van der Waals surface area (Å²) in [7, 11) is -1.23. The zero-order valence-electron chi connectivity index (χ0n) is 13.8. The van der Waals surface area contributed by atoms with Gasteiger partial charge in [-0.15, -0.1) is 0 Å². The first kappa shape index (κ1) is 16.6. The Balaban J connectivity index is 1.69. The molecule has 2 atom stereocenters. The monoisotopic (exact) mass is 345 g/mol. The Kier molecular flexibility index (Phi) is 4.89. The summed E-state index contributed by atoms with van der Waals surface area (Å²) in [4.78, 5) is 8.71. The standard InChI is InChI=1S/C17H19N3O3S/c1-11(2)15-19-16(23-20-15)12(3)24(21)10-14-9-22-17(18-14)13-7-5-4-6-8-13/h4-9,11-12H,10H2,1-3H3/t12-,24+/m1/s1. The van der Waals surface area contributed by atoms with Crippen molar-refractivity contribution in [2.75, 3.05) is 0 Å². The van der Waals surface area contributed by atoms with E-state index in [2.05, 4.69) is 15.1 Å². The van der Waals surface area contributed by atoms with Crippen molar-refractivity contribution in [3.63, 3.8) is 0 Å². The van der Waals surface area contributed by atoms with Gasteiger partial charge in [-0.25, -0.2) is 4.98 Å². The van der Waals surface area contributed by atoms with Crippen LogP contribution in [0.3, 0.4) is 0 Å². The molecule has 2 aromatic heterocycles. The second-order valence-electron chi connectivity index (χ2n) is 5.82. The van der Waals surface area contributed by atoms with Crippen LogP contribution in [0.2, 0.25) is 0 Å². The highest BCUT2D eigenvalue weighted by molar-refractivity contribution is 7.84. The Hall–Kier alpha value is -2.28. The highest BCUT2D eigenvalue weighted by atomic mass is 32.2. The summed E-state index contributed by atoms with van der Waals surface area (Å²) in [6.07, 6.45) is 1.54. The second-order valence-corrected chi connectivity index (χ2v) is 7.58. The van der Waals surface area contributed by atoms with Gasteiger partial charge < -0.3 is 8.94 Å². The van der Waals surface area contributed by atoms with Crippen molar-refractivity contribution >= 4 is 10.8 Å². The summed E-state index contributed by atoms with van der Waals surface area (Å²) >= 11 is 0. The first-order valence-corrected chi connectivity index (χ1v) is 9.13. The molecular formula is C17H19N3O3S. The maximum absolute atomic E-state index is 12.5. The fraction of sp³-hybridized carbons (Fsp3) is 0.353. The van der Waals surface area contributed by atoms with E-state index < -0.39 is 10.8 Å². The van der Waals surface area contributed by atoms with Crippen molar-refractivity contribution in [1.29, 1.82) is 0 Å². The van der Waals surface area contributed by atoms with Gasteiger partial charge in [0.2, 0.25) is 11.8 Å². The van der Waals surface area contributed by atoms with E-state index in [1.165, 1.54) is 0 Å². The van der Waals surface area contributed by atoms with Gasteiger partial charge in [-0.3, -0.25) is 4.21 Å². The van der Waals surface area contributed by atoms with Gasteiger partial charge in [0, 0.05) is 22.3 Å². The molecule has 6 nitrogen and oxygen atoms in total. The molecule has 2 heterocycles. The molecule has 0 N–H and O–H groups in total. The van der Waals surface area contributed by atoms with E-state index in [-0.39, 0.29) is 16.9 Å². The maximum atomic E-state index is 12.5. The minimum Gasteiger partial charge on any atom is -0.444 e. The molecule has 0 saturated carbocycles. The lowest BCUT2D eigenvalue weighted by molar-refractivity contribution is 0.371. The summed E-state index contributed by atoms with van der Waals surface area (Å²) in [5.74, 6) is 1.99. The van der Waals surface area contributed by atoms with E-state index in [0.29, 0.717) is 23.3 Å². The molecule has 0 fully saturated rings. The third-order valence-corrected chi connectivity index (χ3v) is 5.15. The minimum absolute atomic E-state index is 0.173. The van der Waals surface area contributed by atoms with Gasteiger partial charge in [0.25, 0.3) is 0 Å². The van der Waals surface area contributed by atoms with E-state index in [1.807, 2.05) is 51.1 Å². The highest BCUT2D eigenvalue weighted by Crippen LogP contribution is 2.24. The second kappa shape index (κ2) is 7.09. The first-order chi connectivity index (χ1) is 11.5. The van der Waals surface area contributed by atoms with Crippen molar-refractivity contribution in [3.8, 4) is 11.5 Å².